The molecule has 3 N–H and O–H groups in total. The van der Waals surface area contributed by atoms with Gasteiger partial charge >= 0.3 is 0 Å². The molecule has 0 bridgehead atoms. The summed E-state index contributed by atoms with van der Waals surface area (Å²) in [5.74, 6) is 0.469. The summed E-state index contributed by atoms with van der Waals surface area (Å²) in [6.07, 6.45) is -2.04. The van der Waals surface area contributed by atoms with Gasteiger partial charge in [-0.25, -0.2) is 0 Å². The van der Waals surface area contributed by atoms with Gasteiger partial charge in [-0.15, -0.1) is 0 Å². The molecular formula is C10H14O4. The Hall–Kier alpha value is -1.26. The molecule has 0 saturated heterocycles. The third-order valence-corrected chi connectivity index (χ3v) is 2.01. The molecule has 1 aromatic rings. The van der Waals surface area contributed by atoms with Gasteiger partial charge in [-0.1, -0.05) is 0 Å². The molecule has 2 atom stereocenters. The number of methoxy groups -OCH3 is 1. The molecule has 0 unspecified atom stereocenters. The van der Waals surface area contributed by atoms with Crippen LogP contribution in [0.1, 0.15) is 18.6 Å². The fourth-order valence-corrected chi connectivity index (χ4v) is 1.16. The van der Waals surface area contributed by atoms with Gasteiger partial charge in [-0.2, -0.15) is 0 Å². The van der Waals surface area contributed by atoms with Gasteiger partial charge in [0.1, 0.15) is 17.6 Å². The van der Waals surface area contributed by atoms with Crippen LogP contribution in [0, 0.1) is 0 Å². The number of phenols is 1. The first-order valence-corrected chi connectivity index (χ1v) is 4.29. The molecule has 4 heteroatoms. The summed E-state index contributed by atoms with van der Waals surface area (Å²) in [4.78, 5) is 0. The van der Waals surface area contributed by atoms with Gasteiger partial charge in [0, 0.05) is 5.56 Å². The zero-order valence-electron chi connectivity index (χ0n) is 8.14. The first-order chi connectivity index (χ1) is 6.56. The van der Waals surface area contributed by atoms with Crippen LogP contribution >= 0.6 is 0 Å². The van der Waals surface area contributed by atoms with Gasteiger partial charge in [0.05, 0.1) is 13.2 Å². The number of hydrogen-bond donors (Lipinski definition) is 3. The molecule has 1 aromatic carbocycles. The Morgan fingerprint density at radius 2 is 1.93 bits per heavy atom. The molecule has 0 fully saturated rings. The molecule has 78 valence electrons. The Morgan fingerprint density at radius 1 is 1.29 bits per heavy atom. The van der Waals surface area contributed by atoms with E-state index in [1.165, 1.54) is 26.2 Å². The topological polar surface area (TPSA) is 69.9 Å². The second-order valence-electron chi connectivity index (χ2n) is 3.11. The molecule has 0 heterocycles. The van der Waals surface area contributed by atoms with Crippen molar-refractivity contribution in [1.29, 1.82) is 0 Å². The highest BCUT2D eigenvalue weighted by Gasteiger charge is 2.17. The highest BCUT2D eigenvalue weighted by Crippen LogP contribution is 2.29. The number of phenolic OH excluding ortho intramolecular Hbond substituents is 1. The van der Waals surface area contributed by atoms with E-state index in [9.17, 15) is 10.2 Å². The van der Waals surface area contributed by atoms with E-state index in [1.807, 2.05) is 0 Å². The van der Waals surface area contributed by atoms with Crippen molar-refractivity contribution >= 4 is 0 Å². The molecule has 0 saturated carbocycles. The average Bonchev–Trinajstić information content (AvgIpc) is 2.17. The molecule has 0 radical (unpaired) electrons. The smallest absolute Gasteiger partial charge is 0.121 e. The van der Waals surface area contributed by atoms with Gasteiger partial charge in [0.15, 0.2) is 0 Å². The molecular weight excluding hydrogens is 184 g/mol. The third kappa shape index (κ3) is 2.16. The van der Waals surface area contributed by atoms with Crippen LogP contribution in [0.15, 0.2) is 18.2 Å². The van der Waals surface area contributed by atoms with Crippen LogP contribution in [0.2, 0.25) is 0 Å². The minimum Gasteiger partial charge on any atom is -0.508 e. The number of hydrogen-bond acceptors (Lipinski definition) is 4. The summed E-state index contributed by atoms with van der Waals surface area (Å²) < 4.78 is 4.94. The van der Waals surface area contributed by atoms with E-state index < -0.39 is 12.2 Å². The lowest BCUT2D eigenvalue weighted by molar-refractivity contribution is 0.0289. The Labute approximate surface area is 82.4 Å². The standard InChI is InChI=1S/C10H14O4/c1-6(11)10(13)8-5-7(14-2)3-4-9(8)12/h3-6,10-13H,1-2H3/t6-,10-/m1/s1. The zero-order chi connectivity index (χ0) is 10.7. The number of ether oxygens (including phenoxy) is 1. The molecule has 0 aliphatic heterocycles. The van der Waals surface area contributed by atoms with Crippen molar-refractivity contribution in [2.45, 2.75) is 19.1 Å². The summed E-state index contributed by atoms with van der Waals surface area (Å²) >= 11 is 0. The minimum atomic E-state index is -1.11. The van der Waals surface area contributed by atoms with Crippen LogP contribution in [0.5, 0.6) is 11.5 Å². The molecule has 1 rings (SSSR count). The lowest BCUT2D eigenvalue weighted by Gasteiger charge is -2.15. The SMILES string of the molecule is COc1ccc(O)c([C@H](O)[C@@H](C)O)c1. The maximum atomic E-state index is 9.53. The first kappa shape index (κ1) is 10.8. The fourth-order valence-electron chi connectivity index (χ4n) is 1.16. The predicted molar refractivity (Wildman–Crippen MR) is 51.3 cm³/mol. The van der Waals surface area contributed by atoms with Gasteiger partial charge in [0.25, 0.3) is 0 Å². The van der Waals surface area contributed by atoms with Gasteiger partial charge < -0.3 is 20.1 Å². The number of benzene rings is 1. The quantitative estimate of drug-likeness (QED) is 0.672. The van der Waals surface area contributed by atoms with E-state index >= 15 is 0 Å². The van der Waals surface area contributed by atoms with Crippen molar-refractivity contribution < 1.29 is 20.1 Å². The Morgan fingerprint density at radius 3 is 2.43 bits per heavy atom. The van der Waals surface area contributed by atoms with Crippen LogP contribution < -0.4 is 4.74 Å². The van der Waals surface area contributed by atoms with Gasteiger partial charge in [0.2, 0.25) is 0 Å². The van der Waals surface area contributed by atoms with Crippen molar-refractivity contribution in [3.05, 3.63) is 23.8 Å². The average molecular weight is 198 g/mol. The van der Waals surface area contributed by atoms with Crippen molar-refractivity contribution in [2.24, 2.45) is 0 Å². The van der Waals surface area contributed by atoms with Crippen LogP contribution in [-0.2, 0) is 0 Å². The van der Waals surface area contributed by atoms with E-state index in [-0.39, 0.29) is 11.3 Å². The Bertz CT molecular complexity index is 309. The molecule has 0 spiro atoms. The number of rotatable bonds is 3. The van der Waals surface area contributed by atoms with Crippen LogP contribution in [0.4, 0.5) is 0 Å². The van der Waals surface area contributed by atoms with E-state index in [2.05, 4.69) is 0 Å². The second kappa shape index (κ2) is 4.30. The minimum absolute atomic E-state index is 0.0563. The summed E-state index contributed by atoms with van der Waals surface area (Å²) in [6, 6.07) is 4.49. The van der Waals surface area contributed by atoms with Crippen molar-refractivity contribution in [3.8, 4) is 11.5 Å². The van der Waals surface area contributed by atoms with Crippen LogP contribution in [0.25, 0.3) is 0 Å². The molecule has 0 amide bonds. The first-order valence-electron chi connectivity index (χ1n) is 4.29. The largest absolute Gasteiger partial charge is 0.508 e. The summed E-state index contributed by atoms with van der Waals surface area (Å²) in [7, 11) is 1.49. The van der Waals surface area contributed by atoms with E-state index in [0.29, 0.717) is 5.75 Å². The summed E-state index contributed by atoms with van der Waals surface area (Å²) in [5, 5.41) is 28.1. The van der Waals surface area contributed by atoms with Crippen LogP contribution in [0.3, 0.4) is 0 Å². The Kier molecular flexibility index (Phi) is 3.33. The van der Waals surface area contributed by atoms with Gasteiger partial charge in [-0.3, -0.25) is 0 Å². The molecule has 14 heavy (non-hydrogen) atoms. The van der Waals surface area contributed by atoms with Crippen molar-refractivity contribution in [1.82, 2.24) is 0 Å². The number of aromatic hydroxyl groups is 1. The van der Waals surface area contributed by atoms with E-state index in [0.717, 1.165) is 0 Å². The highest BCUT2D eigenvalue weighted by molar-refractivity contribution is 5.40. The van der Waals surface area contributed by atoms with E-state index in [1.54, 1.807) is 6.07 Å². The molecule has 0 aromatic heterocycles. The number of aliphatic hydroxyl groups excluding tert-OH is 2. The van der Waals surface area contributed by atoms with Gasteiger partial charge in [-0.05, 0) is 25.1 Å². The van der Waals surface area contributed by atoms with Crippen LogP contribution in [-0.4, -0.2) is 28.5 Å². The maximum absolute atomic E-state index is 9.53. The zero-order valence-corrected chi connectivity index (χ0v) is 8.14. The molecule has 4 nitrogen and oxygen atoms in total. The molecule has 0 aliphatic rings. The number of aliphatic hydroxyl groups is 2. The summed E-state index contributed by atoms with van der Waals surface area (Å²) in [6.45, 7) is 1.45. The summed E-state index contributed by atoms with van der Waals surface area (Å²) in [5.41, 5.74) is 0.263. The lowest BCUT2D eigenvalue weighted by atomic mass is 10.0. The Balaban J connectivity index is 3.05. The van der Waals surface area contributed by atoms with Crippen molar-refractivity contribution in [2.75, 3.05) is 7.11 Å². The monoisotopic (exact) mass is 198 g/mol. The fraction of sp³-hybridized carbons (Fsp3) is 0.400. The predicted octanol–water partition coefficient (Wildman–Crippen LogP) is 0.815. The maximum Gasteiger partial charge on any atom is 0.121 e. The van der Waals surface area contributed by atoms with E-state index in [4.69, 9.17) is 9.84 Å². The highest BCUT2D eigenvalue weighted by atomic mass is 16.5. The molecule has 0 aliphatic carbocycles. The third-order valence-electron chi connectivity index (χ3n) is 2.01. The van der Waals surface area contributed by atoms with Crippen molar-refractivity contribution in [3.63, 3.8) is 0 Å². The second-order valence-corrected chi connectivity index (χ2v) is 3.11. The lowest BCUT2D eigenvalue weighted by Crippen LogP contribution is -2.13. The normalized spacial score (nSPS) is 14.9.